The van der Waals surface area contributed by atoms with E-state index in [-0.39, 0.29) is 18.4 Å². The maximum absolute atomic E-state index is 12.2. The number of carbonyl (C=O) groups excluding carboxylic acids is 2. The molecule has 2 fully saturated rings. The van der Waals surface area contributed by atoms with E-state index in [0.717, 1.165) is 38.6 Å². The van der Waals surface area contributed by atoms with Crippen LogP contribution in [0, 0.1) is 0 Å². The second-order valence-electron chi connectivity index (χ2n) is 5.57. The molecule has 4 heteroatoms. The Morgan fingerprint density at radius 3 is 2.67 bits per heavy atom. The van der Waals surface area contributed by atoms with Gasteiger partial charge < -0.3 is 9.80 Å². The molecule has 18 heavy (non-hydrogen) atoms. The summed E-state index contributed by atoms with van der Waals surface area (Å²) in [6.45, 7) is 1.04. The third-order valence-electron chi connectivity index (χ3n) is 4.26. The molecule has 0 aromatic rings. The molecule has 1 saturated carbocycles. The Morgan fingerprint density at radius 2 is 1.94 bits per heavy atom. The lowest BCUT2D eigenvalue weighted by Crippen LogP contribution is -2.44. The molecular formula is C14H24N2O2. The van der Waals surface area contributed by atoms with Crippen LogP contribution < -0.4 is 0 Å². The molecule has 102 valence electrons. The van der Waals surface area contributed by atoms with Gasteiger partial charge in [0.25, 0.3) is 0 Å². The first-order valence-electron chi connectivity index (χ1n) is 7.22. The third-order valence-corrected chi connectivity index (χ3v) is 4.26. The molecule has 0 N–H and O–H groups in total. The van der Waals surface area contributed by atoms with Crippen molar-refractivity contribution >= 4 is 11.8 Å². The molecular weight excluding hydrogens is 228 g/mol. The Kier molecular flexibility index (Phi) is 4.61. The summed E-state index contributed by atoms with van der Waals surface area (Å²) in [5, 5.41) is 0. The second-order valence-corrected chi connectivity index (χ2v) is 5.57. The fraction of sp³-hybridized carbons (Fsp3) is 0.857. The minimum absolute atomic E-state index is 0.108. The van der Waals surface area contributed by atoms with E-state index in [1.807, 2.05) is 11.9 Å². The van der Waals surface area contributed by atoms with Gasteiger partial charge in [0.1, 0.15) is 0 Å². The lowest BCUT2D eigenvalue weighted by atomic mass is 10.2. The van der Waals surface area contributed by atoms with Gasteiger partial charge in [-0.3, -0.25) is 9.59 Å². The topological polar surface area (TPSA) is 40.6 Å². The van der Waals surface area contributed by atoms with Crippen LogP contribution in [0.25, 0.3) is 0 Å². The number of likely N-dealkylation sites (N-methyl/N-ethyl adjacent to an activating group) is 1. The van der Waals surface area contributed by atoms with E-state index < -0.39 is 0 Å². The summed E-state index contributed by atoms with van der Waals surface area (Å²) in [4.78, 5) is 27.7. The van der Waals surface area contributed by atoms with Crippen LogP contribution >= 0.6 is 0 Å². The van der Waals surface area contributed by atoms with Gasteiger partial charge in [-0.15, -0.1) is 0 Å². The van der Waals surface area contributed by atoms with Crippen molar-refractivity contribution in [3.8, 4) is 0 Å². The first kappa shape index (κ1) is 13.4. The van der Waals surface area contributed by atoms with Crippen molar-refractivity contribution in [2.24, 2.45) is 0 Å². The average molecular weight is 252 g/mol. The molecule has 0 unspecified atom stereocenters. The van der Waals surface area contributed by atoms with E-state index in [2.05, 4.69) is 0 Å². The second kappa shape index (κ2) is 6.21. The van der Waals surface area contributed by atoms with Crippen LogP contribution in [-0.4, -0.2) is 47.8 Å². The van der Waals surface area contributed by atoms with Gasteiger partial charge in [-0.2, -0.15) is 0 Å². The number of likely N-dealkylation sites (tertiary alicyclic amines) is 1. The molecule has 2 rings (SSSR count). The summed E-state index contributed by atoms with van der Waals surface area (Å²) >= 11 is 0. The first-order valence-corrected chi connectivity index (χ1v) is 7.22. The van der Waals surface area contributed by atoms with Crippen molar-refractivity contribution in [3.05, 3.63) is 0 Å². The molecule has 0 radical (unpaired) electrons. The Labute approximate surface area is 109 Å². The van der Waals surface area contributed by atoms with E-state index in [9.17, 15) is 9.59 Å². The quantitative estimate of drug-likeness (QED) is 0.768. The fourth-order valence-corrected chi connectivity index (χ4v) is 2.98. The van der Waals surface area contributed by atoms with Gasteiger partial charge in [0.2, 0.25) is 11.8 Å². The lowest BCUT2D eigenvalue weighted by molar-refractivity contribution is -0.140. The van der Waals surface area contributed by atoms with E-state index in [1.165, 1.54) is 12.8 Å². The highest BCUT2D eigenvalue weighted by Gasteiger charge is 2.26. The Hall–Kier alpha value is -1.06. The summed E-state index contributed by atoms with van der Waals surface area (Å²) < 4.78 is 0. The Morgan fingerprint density at radius 1 is 1.22 bits per heavy atom. The molecule has 4 nitrogen and oxygen atoms in total. The standard InChI is InChI=1S/C14H24N2O2/c1-15(12-7-4-5-8-12)14(18)11-16-10-6-2-3-9-13(16)17/h12H,2-11H2,1H3. The molecule has 2 aliphatic rings. The number of rotatable bonds is 3. The number of hydrogen-bond donors (Lipinski definition) is 0. The van der Waals surface area contributed by atoms with E-state index in [1.54, 1.807) is 4.90 Å². The summed E-state index contributed by atoms with van der Waals surface area (Å²) in [5.41, 5.74) is 0. The Balaban J connectivity index is 1.86. The monoisotopic (exact) mass is 252 g/mol. The summed E-state index contributed by atoms with van der Waals surface area (Å²) in [6, 6.07) is 0.402. The number of amides is 2. The van der Waals surface area contributed by atoms with Crippen LogP contribution in [0.15, 0.2) is 0 Å². The zero-order chi connectivity index (χ0) is 13.0. The van der Waals surface area contributed by atoms with Gasteiger partial charge in [-0.1, -0.05) is 19.3 Å². The molecule has 0 aromatic carbocycles. The highest BCUT2D eigenvalue weighted by Crippen LogP contribution is 2.22. The average Bonchev–Trinajstić information content (AvgIpc) is 2.82. The molecule has 1 saturated heterocycles. The molecule has 1 aliphatic carbocycles. The van der Waals surface area contributed by atoms with Crippen LogP contribution in [0.3, 0.4) is 0 Å². The number of carbonyl (C=O) groups is 2. The summed E-state index contributed by atoms with van der Waals surface area (Å²) in [7, 11) is 1.89. The number of hydrogen-bond acceptors (Lipinski definition) is 2. The largest absolute Gasteiger partial charge is 0.341 e. The number of nitrogens with zero attached hydrogens (tertiary/aromatic N) is 2. The normalized spacial score (nSPS) is 22.1. The molecule has 0 bridgehead atoms. The molecule has 0 spiro atoms. The Bertz CT molecular complexity index is 311. The molecule has 1 heterocycles. The van der Waals surface area contributed by atoms with Crippen molar-refractivity contribution in [3.63, 3.8) is 0 Å². The van der Waals surface area contributed by atoms with Crippen LogP contribution in [0.2, 0.25) is 0 Å². The maximum Gasteiger partial charge on any atom is 0.242 e. The van der Waals surface area contributed by atoms with E-state index in [4.69, 9.17) is 0 Å². The lowest BCUT2D eigenvalue weighted by Gasteiger charge is -2.28. The van der Waals surface area contributed by atoms with Crippen molar-refractivity contribution < 1.29 is 9.59 Å². The predicted octanol–water partition coefficient (Wildman–Crippen LogP) is 1.79. The SMILES string of the molecule is CN(C(=O)CN1CCCCCC1=O)C1CCCC1. The van der Waals surface area contributed by atoms with Crippen LogP contribution in [0.1, 0.15) is 51.4 Å². The maximum atomic E-state index is 12.2. The zero-order valence-corrected chi connectivity index (χ0v) is 11.4. The van der Waals surface area contributed by atoms with Crippen molar-refractivity contribution in [1.82, 2.24) is 9.80 Å². The highest BCUT2D eigenvalue weighted by molar-refractivity contribution is 5.85. The van der Waals surface area contributed by atoms with Crippen LogP contribution in [0.4, 0.5) is 0 Å². The van der Waals surface area contributed by atoms with Gasteiger partial charge in [-0.05, 0) is 25.7 Å². The van der Waals surface area contributed by atoms with Gasteiger partial charge in [0.05, 0.1) is 6.54 Å². The van der Waals surface area contributed by atoms with Crippen molar-refractivity contribution in [2.75, 3.05) is 20.1 Å². The minimum atomic E-state index is 0.108. The smallest absolute Gasteiger partial charge is 0.242 e. The summed E-state index contributed by atoms with van der Waals surface area (Å²) in [6.07, 6.45) is 8.42. The fourth-order valence-electron chi connectivity index (χ4n) is 2.98. The minimum Gasteiger partial charge on any atom is -0.341 e. The van der Waals surface area contributed by atoms with Gasteiger partial charge in [0, 0.05) is 26.1 Å². The van der Waals surface area contributed by atoms with Gasteiger partial charge in [-0.25, -0.2) is 0 Å². The zero-order valence-electron chi connectivity index (χ0n) is 11.4. The molecule has 0 atom stereocenters. The van der Waals surface area contributed by atoms with Gasteiger partial charge >= 0.3 is 0 Å². The summed E-state index contributed by atoms with van der Waals surface area (Å²) in [5.74, 6) is 0.262. The first-order chi connectivity index (χ1) is 8.68. The molecule has 0 aromatic heterocycles. The van der Waals surface area contributed by atoms with Crippen molar-refractivity contribution in [2.45, 2.75) is 57.4 Å². The van der Waals surface area contributed by atoms with Crippen LogP contribution in [-0.2, 0) is 9.59 Å². The van der Waals surface area contributed by atoms with Crippen LogP contribution in [0.5, 0.6) is 0 Å². The van der Waals surface area contributed by atoms with Gasteiger partial charge in [0.15, 0.2) is 0 Å². The van der Waals surface area contributed by atoms with Crippen molar-refractivity contribution in [1.29, 1.82) is 0 Å². The van der Waals surface area contributed by atoms with E-state index >= 15 is 0 Å². The molecule has 2 amide bonds. The molecule has 1 aliphatic heterocycles. The third kappa shape index (κ3) is 3.24. The van der Waals surface area contributed by atoms with E-state index in [0.29, 0.717) is 12.5 Å². The predicted molar refractivity (Wildman–Crippen MR) is 70.1 cm³/mol. The highest BCUT2D eigenvalue weighted by atomic mass is 16.2.